The average molecular weight is 328 g/mol. The molecule has 0 radical (unpaired) electrons. The van der Waals surface area contributed by atoms with Crippen LogP contribution in [0.2, 0.25) is 5.02 Å². The minimum Gasteiger partial charge on any atom is -0.339 e. The van der Waals surface area contributed by atoms with Crippen LogP contribution in [-0.4, -0.2) is 16.5 Å². The van der Waals surface area contributed by atoms with Crippen LogP contribution in [0, 0.1) is 0 Å². The molecule has 0 saturated carbocycles. The third-order valence-electron chi connectivity index (χ3n) is 3.17. The van der Waals surface area contributed by atoms with Crippen LogP contribution >= 0.6 is 23.4 Å². The molecule has 0 aliphatic heterocycles. The lowest BCUT2D eigenvalue weighted by atomic mass is 10.1. The predicted molar refractivity (Wildman–Crippen MR) is 94.0 cm³/mol. The summed E-state index contributed by atoms with van der Waals surface area (Å²) in [7, 11) is 0. The van der Waals surface area contributed by atoms with Gasteiger partial charge in [0.15, 0.2) is 5.82 Å². The highest BCUT2D eigenvalue weighted by atomic mass is 35.5. The highest BCUT2D eigenvalue weighted by Crippen LogP contribution is 2.22. The van der Waals surface area contributed by atoms with Crippen molar-refractivity contribution in [2.75, 3.05) is 11.6 Å². The molecule has 110 valence electrons. The number of thioether (sulfide) groups is 1. The molecule has 5 heteroatoms. The van der Waals surface area contributed by atoms with Crippen molar-refractivity contribution in [2.24, 2.45) is 0 Å². The Hall–Kier alpha value is -2.04. The van der Waals surface area contributed by atoms with E-state index in [0.29, 0.717) is 5.02 Å². The van der Waals surface area contributed by atoms with Gasteiger partial charge in [-0.3, -0.25) is 0 Å². The molecule has 3 nitrogen and oxygen atoms in total. The topological polar surface area (TPSA) is 37.8 Å². The van der Waals surface area contributed by atoms with Gasteiger partial charge in [0.05, 0.1) is 5.69 Å². The zero-order chi connectivity index (χ0) is 15.4. The smallest absolute Gasteiger partial charge is 0.153 e. The van der Waals surface area contributed by atoms with E-state index in [-0.39, 0.29) is 0 Å². The van der Waals surface area contributed by atoms with Crippen LogP contribution in [0.5, 0.6) is 0 Å². The van der Waals surface area contributed by atoms with E-state index in [1.54, 1.807) is 11.8 Å². The first-order chi connectivity index (χ1) is 10.7. The minimum atomic E-state index is 0.712. The van der Waals surface area contributed by atoms with Crippen LogP contribution in [0.4, 0.5) is 11.5 Å². The van der Waals surface area contributed by atoms with E-state index in [2.05, 4.69) is 33.9 Å². The summed E-state index contributed by atoms with van der Waals surface area (Å²) in [6.07, 6.45) is 2.06. The maximum atomic E-state index is 5.89. The van der Waals surface area contributed by atoms with Gasteiger partial charge in [-0.15, -0.1) is 22.0 Å². The average Bonchev–Trinajstić information content (AvgIpc) is 2.57. The first-order valence-electron chi connectivity index (χ1n) is 6.75. The molecule has 0 fully saturated rings. The summed E-state index contributed by atoms with van der Waals surface area (Å²) in [6, 6.07) is 19.6. The SMILES string of the molecule is CSc1ccc(Nc2ccc(-c3ccc(Cl)cc3)nn2)cc1. The Balaban J connectivity index is 1.74. The van der Waals surface area contributed by atoms with E-state index in [0.717, 1.165) is 22.8 Å². The van der Waals surface area contributed by atoms with Gasteiger partial charge >= 0.3 is 0 Å². The zero-order valence-electron chi connectivity index (χ0n) is 12.0. The molecule has 0 spiro atoms. The second-order valence-corrected chi connectivity index (χ2v) is 5.98. The standard InChI is InChI=1S/C17H14ClN3S/c1-22-15-8-6-14(7-9-15)19-17-11-10-16(20-21-17)12-2-4-13(18)5-3-12/h2-11H,1H3,(H,19,21). The van der Waals surface area contributed by atoms with Crippen molar-refractivity contribution in [2.45, 2.75) is 4.90 Å². The molecular weight excluding hydrogens is 314 g/mol. The fraction of sp³-hybridized carbons (Fsp3) is 0.0588. The van der Waals surface area contributed by atoms with Crippen LogP contribution in [-0.2, 0) is 0 Å². The fourth-order valence-corrected chi connectivity index (χ4v) is 2.53. The normalized spacial score (nSPS) is 10.5. The van der Waals surface area contributed by atoms with Gasteiger partial charge in [0, 0.05) is 21.2 Å². The molecule has 3 aromatic rings. The van der Waals surface area contributed by atoms with Gasteiger partial charge in [-0.1, -0.05) is 23.7 Å². The minimum absolute atomic E-state index is 0.712. The maximum absolute atomic E-state index is 5.89. The third kappa shape index (κ3) is 3.59. The summed E-state index contributed by atoms with van der Waals surface area (Å²) in [5.74, 6) is 0.717. The van der Waals surface area contributed by atoms with Crippen LogP contribution in [0.1, 0.15) is 0 Å². The Bertz CT molecular complexity index is 740. The lowest BCUT2D eigenvalue weighted by molar-refractivity contribution is 1.04. The number of hydrogen-bond donors (Lipinski definition) is 1. The summed E-state index contributed by atoms with van der Waals surface area (Å²) < 4.78 is 0. The van der Waals surface area contributed by atoms with Gasteiger partial charge < -0.3 is 5.32 Å². The van der Waals surface area contributed by atoms with Crippen LogP contribution < -0.4 is 5.32 Å². The molecule has 0 bridgehead atoms. The first-order valence-corrected chi connectivity index (χ1v) is 8.35. The number of anilines is 2. The number of aromatic nitrogens is 2. The van der Waals surface area contributed by atoms with E-state index in [9.17, 15) is 0 Å². The third-order valence-corrected chi connectivity index (χ3v) is 4.16. The quantitative estimate of drug-likeness (QED) is 0.663. The fourth-order valence-electron chi connectivity index (χ4n) is 2.00. The van der Waals surface area contributed by atoms with Gasteiger partial charge in [-0.2, -0.15) is 0 Å². The van der Waals surface area contributed by atoms with E-state index < -0.39 is 0 Å². The highest BCUT2D eigenvalue weighted by molar-refractivity contribution is 7.98. The largest absolute Gasteiger partial charge is 0.339 e. The summed E-state index contributed by atoms with van der Waals surface area (Å²) in [6.45, 7) is 0. The molecule has 2 aromatic carbocycles. The molecule has 1 heterocycles. The van der Waals surface area contributed by atoms with Crippen molar-refractivity contribution in [1.29, 1.82) is 0 Å². The van der Waals surface area contributed by atoms with Crippen molar-refractivity contribution < 1.29 is 0 Å². The van der Waals surface area contributed by atoms with Crippen molar-refractivity contribution >= 4 is 34.9 Å². The molecule has 0 amide bonds. The zero-order valence-corrected chi connectivity index (χ0v) is 13.5. The molecule has 0 atom stereocenters. The number of nitrogens with zero attached hydrogens (tertiary/aromatic N) is 2. The van der Waals surface area contributed by atoms with E-state index in [1.165, 1.54) is 4.90 Å². The molecule has 1 N–H and O–H groups in total. The van der Waals surface area contributed by atoms with E-state index in [1.807, 2.05) is 48.5 Å². The maximum Gasteiger partial charge on any atom is 0.153 e. The first kappa shape index (κ1) is 14.9. The van der Waals surface area contributed by atoms with Crippen LogP contribution in [0.25, 0.3) is 11.3 Å². The lowest BCUT2D eigenvalue weighted by Crippen LogP contribution is -1.96. The molecule has 0 saturated heterocycles. The van der Waals surface area contributed by atoms with Crippen molar-refractivity contribution in [3.05, 3.63) is 65.7 Å². The Morgan fingerprint density at radius 3 is 2.18 bits per heavy atom. The Kier molecular flexibility index (Phi) is 4.61. The van der Waals surface area contributed by atoms with Gasteiger partial charge in [-0.25, -0.2) is 0 Å². The summed E-state index contributed by atoms with van der Waals surface area (Å²) in [4.78, 5) is 1.23. The number of rotatable bonds is 4. The van der Waals surface area contributed by atoms with Gasteiger partial charge in [0.25, 0.3) is 0 Å². The molecule has 0 aliphatic carbocycles. The number of nitrogens with one attached hydrogen (secondary N) is 1. The van der Waals surface area contributed by atoms with Gasteiger partial charge in [0.1, 0.15) is 0 Å². The highest BCUT2D eigenvalue weighted by Gasteiger charge is 2.02. The lowest BCUT2D eigenvalue weighted by Gasteiger charge is -2.06. The molecule has 22 heavy (non-hydrogen) atoms. The Morgan fingerprint density at radius 1 is 0.864 bits per heavy atom. The molecule has 0 aliphatic rings. The second-order valence-electron chi connectivity index (χ2n) is 4.66. The van der Waals surface area contributed by atoms with E-state index in [4.69, 9.17) is 11.6 Å². The molecule has 3 rings (SSSR count). The van der Waals surface area contributed by atoms with Crippen molar-refractivity contribution in [3.8, 4) is 11.3 Å². The molecule has 1 aromatic heterocycles. The van der Waals surface area contributed by atoms with Gasteiger partial charge in [-0.05, 0) is 54.8 Å². The number of benzene rings is 2. The van der Waals surface area contributed by atoms with Gasteiger partial charge in [0.2, 0.25) is 0 Å². The van der Waals surface area contributed by atoms with Crippen molar-refractivity contribution in [3.63, 3.8) is 0 Å². The number of hydrogen-bond acceptors (Lipinski definition) is 4. The summed E-state index contributed by atoms with van der Waals surface area (Å²) in [5, 5.41) is 12.4. The molecular formula is C17H14ClN3S. The van der Waals surface area contributed by atoms with Crippen molar-refractivity contribution in [1.82, 2.24) is 10.2 Å². The summed E-state index contributed by atoms with van der Waals surface area (Å²) >= 11 is 7.61. The number of halogens is 1. The van der Waals surface area contributed by atoms with Crippen LogP contribution in [0.3, 0.4) is 0 Å². The monoisotopic (exact) mass is 327 g/mol. The Morgan fingerprint density at radius 2 is 1.59 bits per heavy atom. The predicted octanol–water partition coefficient (Wildman–Crippen LogP) is 5.26. The second kappa shape index (κ2) is 6.81. The van der Waals surface area contributed by atoms with Crippen LogP contribution in [0.15, 0.2) is 65.6 Å². The summed E-state index contributed by atoms with van der Waals surface area (Å²) in [5.41, 5.74) is 2.80. The Labute approximate surface area is 138 Å². The van der Waals surface area contributed by atoms with E-state index >= 15 is 0 Å². The molecule has 0 unspecified atom stereocenters.